The number of morpholine rings is 1. The van der Waals surface area contributed by atoms with Gasteiger partial charge in [-0.2, -0.15) is 11.8 Å². The van der Waals surface area contributed by atoms with Crippen LogP contribution in [0.25, 0.3) is 0 Å². The second kappa shape index (κ2) is 11.8. The van der Waals surface area contributed by atoms with Crippen LogP contribution in [0.1, 0.15) is 30.4 Å². The summed E-state index contributed by atoms with van der Waals surface area (Å²) in [5.41, 5.74) is 3.93. The van der Waals surface area contributed by atoms with E-state index < -0.39 is 6.10 Å². The lowest BCUT2D eigenvalue weighted by atomic mass is 9.89. The van der Waals surface area contributed by atoms with Crippen LogP contribution in [0, 0.1) is 24.7 Å². The Labute approximate surface area is 197 Å². The highest BCUT2D eigenvalue weighted by atomic mass is 32.2. The predicted octanol–water partition coefficient (Wildman–Crippen LogP) is 3.85. The van der Waals surface area contributed by atoms with Crippen molar-refractivity contribution in [2.45, 2.75) is 44.8 Å². The molecule has 5 heteroatoms. The predicted molar refractivity (Wildman–Crippen MR) is 133 cm³/mol. The zero-order chi connectivity index (χ0) is 22.3. The molecule has 1 aromatic carbocycles. The van der Waals surface area contributed by atoms with Crippen molar-refractivity contribution in [3.63, 3.8) is 0 Å². The maximum Gasteiger partial charge on any atom is 0.0761 e. The van der Waals surface area contributed by atoms with Crippen molar-refractivity contribution in [2.24, 2.45) is 17.8 Å². The van der Waals surface area contributed by atoms with Crippen molar-refractivity contribution in [1.29, 1.82) is 0 Å². The summed E-state index contributed by atoms with van der Waals surface area (Å²) >= 11 is 2.05. The van der Waals surface area contributed by atoms with Crippen molar-refractivity contribution in [1.82, 2.24) is 4.90 Å². The Hall–Kier alpha value is -1.11. The number of fused-ring (bicyclic) bond motifs is 1. The van der Waals surface area contributed by atoms with Gasteiger partial charge < -0.3 is 14.9 Å². The number of benzene rings is 1. The molecule has 0 unspecified atom stereocenters. The van der Waals surface area contributed by atoms with Crippen LogP contribution in [0.2, 0.25) is 0 Å². The Morgan fingerprint density at radius 3 is 2.94 bits per heavy atom. The molecule has 1 aliphatic heterocycles. The lowest BCUT2D eigenvalue weighted by Gasteiger charge is -2.26. The van der Waals surface area contributed by atoms with E-state index in [0.29, 0.717) is 18.3 Å². The van der Waals surface area contributed by atoms with Crippen LogP contribution in [0.3, 0.4) is 0 Å². The van der Waals surface area contributed by atoms with Crippen molar-refractivity contribution >= 4 is 11.8 Å². The third kappa shape index (κ3) is 6.71. The summed E-state index contributed by atoms with van der Waals surface area (Å²) in [6.07, 6.45) is 9.50. The number of nitrogens with zero attached hydrogens (tertiary/aromatic N) is 1. The Morgan fingerprint density at radius 1 is 1.28 bits per heavy atom. The molecule has 0 amide bonds. The molecule has 1 aromatic rings. The fourth-order valence-electron chi connectivity index (χ4n) is 5.54. The number of aryl methyl sites for hydroxylation is 1. The number of aliphatic hydroxyl groups excluding tert-OH is 2. The average Bonchev–Trinajstić information content (AvgIpc) is 3.29. The van der Waals surface area contributed by atoms with Gasteiger partial charge in [0.15, 0.2) is 0 Å². The molecule has 2 fully saturated rings. The lowest BCUT2D eigenvalue weighted by molar-refractivity contribution is 0.0381. The zero-order valence-electron chi connectivity index (χ0n) is 19.4. The maximum atomic E-state index is 10.6. The van der Waals surface area contributed by atoms with Crippen LogP contribution >= 0.6 is 11.8 Å². The first kappa shape index (κ1) is 24.0. The summed E-state index contributed by atoms with van der Waals surface area (Å²) in [6, 6.07) is 8.31. The minimum absolute atomic E-state index is 0.159. The average molecular weight is 458 g/mol. The molecule has 4 rings (SSSR count). The number of ether oxygens (including phenoxy) is 1. The summed E-state index contributed by atoms with van der Waals surface area (Å²) in [4.78, 5) is 2.51. The molecule has 1 heterocycles. The van der Waals surface area contributed by atoms with Crippen LogP contribution in [0.15, 0.2) is 48.1 Å². The first-order valence-corrected chi connectivity index (χ1v) is 13.4. The van der Waals surface area contributed by atoms with Crippen LogP contribution in [-0.2, 0) is 11.2 Å². The van der Waals surface area contributed by atoms with Gasteiger partial charge >= 0.3 is 0 Å². The van der Waals surface area contributed by atoms with Crippen LogP contribution < -0.4 is 0 Å². The van der Waals surface area contributed by atoms with E-state index in [0.717, 1.165) is 50.5 Å². The topological polar surface area (TPSA) is 52.9 Å². The molecule has 32 heavy (non-hydrogen) atoms. The molecule has 5 atom stereocenters. The second-order valence-corrected chi connectivity index (χ2v) is 10.8. The minimum atomic E-state index is -0.501. The molecule has 3 aliphatic rings. The number of thioether (sulfide) groups is 1. The van der Waals surface area contributed by atoms with E-state index in [9.17, 15) is 10.2 Å². The van der Waals surface area contributed by atoms with Crippen LogP contribution in [0.4, 0.5) is 0 Å². The first-order chi connectivity index (χ1) is 15.6. The summed E-state index contributed by atoms with van der Waals surface area (Å²) in [6.45, 7) is 7.19. The fourth-order valence-corrected chi connectivity index (χ4v) is 6.49. The Morgan fingerprint density at radius 2 is 2.12 bits per heavy atom. The van der Waals surface area contributed by atoms with Crippen molar-refractivity contribution in [3.8, 4) is 0 Å². The number of hydrogen-bond acceptors (Lipinski definition) is 5. The van der Waals surface area contributed by atoms with Gasteiger partial charge in [-0.1, -0.05) is 53.6 Å². The SMILES string of the molecule is Cc1cccc(C[C@H](O)/C=C/[C@@H]2[C@H]3CC(CSCCCN4CCOCC4)=C[C@H]3C[C@H]2O)c1. The third-order valence-corrected chi connectivity index (χ3v) is 8.34. The molecule has 4 nitrogen and oxygen atoms in total. The van der Waals surface area contributed by atoms with Crippen molar-refractivity contribution in [3.05, 3.63) is 59.2 Å². The monoisotopic (exact) mass is 457 g/mol. The molecule has 0 bridgehead atoms. The highest BCUT2D eigenvalue weighted by Crippen LogP contribution is 2.47. The largest absolute Gasteiger partial charge is 0.392 e. The molecule has 1 saturated heterocycles. The molecule has 176 valence electrons. The van der Waals surface area contributed by atoms with Gasteiger partial charge in [0.2, 0.25) is 0 Å². The summed E-state index contributed by atoms with van der Waals surface area (Å²) in [5, 5.41) is 21.1. The van der Waals surface area contributed by atoms with Crippen molar-refractivity contribution in [2.75, 3.05) is 44.4 Å². The highest BCUT2D eigenvalue weighted by Gasteiger charge is 2.43. The second-order valence-electron chi connectivity index (χ2n) is 9.74. The van der Waals surface area contributed by atoms with Gasteiger partial charge in [-0.05, 0) is 55.9 Å². The van der Waals surface area contributed by atoms with Gasteiger partial charge in [-0.25, -0.2) is 0 Å². The van der Waals surface area contributed by atoms with E-state index in [2.05, 4.69) is 53.9 Å². The summed E-state index contributed by atoms with van der Waals surface area (Å²) in [7, 11) is 0. The van der Waals surface area contributed by atoms with E-state index in [-0.39, 0.29) is 12.0 Å². The Bertz CT molecular complexity index is 789. The maximum absolute atomic E-state index is 10.6. The number of hydrogen-bond donors (Lipinski definition) is 2. The first-order valence-electron chi connectivity index (χ1n) is 12.3. The molecule has 2 N–H and O–H groups in total. The van der Waals surface area contributed by atoms with Gasteiger partial charge in [0, 0.05) is 31.2 Å². The van der Waals surface area contributed by atoms with Gasteiger partial charge in [0.25, 0.3) is 0 Å². The summed E-state index contributed by atoms with van der Waals surface area (Å²) < 4.78 is 5.42. The van der Waals surface area contributed by atoms with E-state index in [1.54, 1.807) is 5.57 Å². The molecule has 0 aromatic heterocycles. The minimum Gasteiger partial charge on any atom is -0.392 e. The normalized spacial score (nSPS) is 29.4. The third-order valence-electron chi connectivity index (χ3n) is 7.19. The number of rotatable bonds is 10. The van der Waals surface area contributed by atoms with Crippen LogP contribution in [-0.4, -0.2) is 71.7 Å². The van der Waals surface area contributed by atoms with E-state index >= 15 is 0 Å². The highest BCUT2D eigenvalue weighted by molar-refractivity contribution is 7.99. The van der Waals surface area contributed by atoms with Gasteiger partial charge in [0.05, 0.1) is 25.4 Å². The van der Waals surface area contributed by atoms with Crippen LogP contribution in [0.5, 0.6) is 0 Å². The lowest BCUT2D eigenvalue weighted by Crippen LogP contribution is -2.36. The standard InChI is InChI=1S/C27H39NO3S/c1-20-4-2-5-21(14-20)16-24(29)6-7-25-26-17-22(15-23(26)18-27(25)30)19-32-13-3-8-28-9-11-31-12-10-28/h2,4-7,14-15,23-27,29-30H,3,8-13,16-19H2,1H3/b7-6+/t23-,24+,25+,26-,27+/m0/s1. The Kier molecular flexibility index (Phi) is 8.90. The molecular formula is C27H39NO3S. The van der Waals surface area contributed by atoms with E-state index in [1.807, 2.05) is 12.1 Å². The molecule has 2 aliphatic carbocycles. The number of aliphatic hydroxyl groups is 2. The number of allylic oxidation sites excluding steroid dienone is 1. The smallest absolute Gasteiger partial charge is 0.0761 e. The summed E-state index contributed by atoms with van der Waals surface area (Å²) in [5.74, 6) is 3.49. The molecular weight excluding hydrogens is 418 g/mol. The molecule has 0 radical (unpaired) electrons. The van der Waals surface area contributed by atoms with Gasteiger partial charge in [-0.3, -0.25) is 4.90 Å². The van der Waals surface area contributed by atoms with Gasteiger partial charge in [-0.15, -0.1) is 0 Å². The molecule has 0 spiro atoms. The van der Waals surface area contributed by atoms with Gasteiger partial charge in [0.1, 0.15) is 0 Å². The van der Waals surface area contributed by atoms with E-state index in [4.69, 9.17) is 4.74 Å². The van der Waals surface area contributed by atoms with E-state index in [1.165, 1.54) is 24.3 Å². The zero-order valence-corrected chi connectivity index (χ0v) is 20.2. The quantitative estimate of drug-likeness (QED) is 0.413. The molecule has 1 saturated carbocycles. The Balaban J connectivity index is 1.19. The fraction of sp³-hybridized carbons (Fsp3) is 0.630. The van der Waals surface area contributed by atoms with Crippen molar-refractivity contribution < 1.29 is 14.9 Å².